The van der Waals surface area contributed by atoms with Gasteiger partial charge in [0.2, 0.25) is 10.0 Å². The third-order valence-electron chi connectivity index (χ3n) is 2.42. The second-order valence-corrected chi connectivity index (χ2v) is 7.53. The number of amides is 1. The van der Waals surface area contributed by atoms with Gasteiger partial charge < -0.3 is 5.32 Å². The summed E-state index contributed by atoms with van der Waals surface area (Å²) in [5, 5.41) is 6.50. The Kier molecular flexibility index (Phi) is 4.97. The van der Waals surface area contributed by atoms with Gasteiger partial charge in [-0.25, -0.2) is 22.3 Å². The largest absolute Gasteiger partial charge is 0.351 e. The highest BCUT2D eigenvalue weighted by Gasteiger charge is 2.28. The Morgan fingerprint density at radius 1 is 1.38 bits per heavy atom. The van der Waals surface area contributed by atoms with Crippen LogP contribution < -0.4 is 10.5 Å². The van der Waals surface area contributed by atoms with Gasteiger partial charge in [-0.05, 0) is 11.5 Å². The number of rotatable bonds is 3. The summed E-state index contributed by atoms with van der Waals surface area (Å²) in [4.78, 5) is 10.7. The van der Waals surface area contributed by atoms with Crippen LogP contribution >= 0.6 is 11.6 Å². The van der Waals surface area contributed by atoms with E-state index in [9.17, 15) is 22.0 Å². The van der Waals surface area contributed by atoms with Gasteiger partial charge in [0.1, 0.15) is 4.90 Å². The molecule has 0 radical (unpaired) electrons. The van der Waals surface area contributed by atoms with Gasteiger partial charge >= 0.3 is 0 Å². The van der Waals surface area contributed by atoms with Crippen molar-refractivity contribution < 1.29 is 22.0 Å². The highest BCUT2D eigenvalue weighted by Crippen LogP contribution is 2.29. The van der Waals surface area contributed by atoms with Gasteiger partial charge in [-0.2, -0.15) is 0 Å². The minimum absolute atomic E-state index is 0.228. The van der Waals surface area contributed by atoms with Crippen LogP contribution in [0.15, 0.2) is 11.0 Å². The summed E-state index contributed by atoms with van der Waals surface area (Å²) in [5.41, 5.74) is -0.757. The van der Waals surface area contributed by atoms with Crippen molar-refractivity contribution in [3.05, 3.63) is 28.3 Å². The van der Waals surface area contributed by atoms with Crippen LogP contribution in [0.4, 0.5) is 8.78 Å². The molecule has 0 fully saturated rings. The lowest BCUT2D eigenvalue weighted by molar-refractivity contribution is 0.0938. The van der Waals surface area contributed by atoms with Gasteiger partial charge in [0.25, 0.3) is 5.91 Å². The molecular formula is C12H15ClF2N2O3S. The zero-order valence-electron chi connectivity index (χ0n) is 11.6. The van der Waals surface area contributed by atoms with Gasteiger partial charge in [0.15, 0.2) is 11.6 Å². The summed E-state index contributed by atoms with van der Waals surface area (Å²) in [7, 11) is -4.61. The molecule has 0 aliphatic rings. The maximum absolute atomic E-state index is 13.5. The molecule has 0 saturated heterocycles. The van der Waals surface area contributed by atoms with Crippen molar-refractivity contribution >= 4 is 27.5 Å². The Bertz CT molecular complexity index is 685. The van der Waals surface area contributed by atoms with Crippen LogP contribution in [0.3, 0.4) is 0 Å². The number of primary sulfonamides is 1. The van der Waals surface area contributed by atoms with Crippen molar-refractivity contribution in [1.82, 2.24) is 5.32 Å². The van der Waals surface area contributed by atoms with Gasteiger partial charge in [-0.3, -0.25) is 4.79 Å². The lowest BCUT2D eigenvalue weighted by atomic mass is 9.97. The molecule has 1 rings (SSSR count). The lowest BCUT2D eigenvalue weighted by Gasteiger charge is -2.19. The standard InChI is InChI=1S/C12H15ClF2N2O3S/c1-12(2,3)5-17-11(18)6-4-7(14)9(15)10(8(6)13)21(16,19)20/h4H,5H2,1-3H3,(H,17,18)(H2,16,19,20). The zero-order chi connectivity index (χ0) is 16.6. The van der Waals surface area contributed by atoms with Crippen LogP contribution in [0.5, 0.6) is 0 Å². The molecule has 21 heavy (non-hydrogen) atoms. The van der Waals surface area contributed by atoms with Crippen molar-refractivity contribution in [2.75, 3.05) is 6.54 Å². The normalized spacial score (nSPS) is 12.3. The molecule has 1 aromatic rings. The van der Waals surface area contributed by atoms with Crippen molar-refractivity contribution in [3.8, 4) is 0 Å². The molecule has 1 amide bonds. The molecule has 3 N–H and O–H groups in total. The van der Waals surface area contributed by atoms with Gasteiger partial charge in [-0.1, -0.05) is 32.4 Å². The summed E-state index contributed by atoms with van der Waals surface area (Å²) in [6.45, 7) is 5.76. The van der Waals surface area contributed by atoms with E-state index in [1.54, 1.807) is 0 Å². The van der Waals surface area contributed by atoms with E-state index in [4.69, 9.17) is 16.7 Å². The smallest absolute Gasteiger partial charge is 0.252 e. The quantitative estimate of drug-likeness (QED) is 0.825. The van der Waals surface area contributed by atoms with E-state index in [1.165, 1.54) is 0 Å². The molecule has 0 saturated carbocycles. The molecular weight excluding hydrogens is 326 g/mol. The van der Waals surface area contributed by atoms with Gasteiger partial charge in [-0.15, -0.1) is 0 Å². The van der Waals surface area contributed by atoms with Crippen molar-refractivity contribution in [2.45, 2.75) is 25.7 Å². The first-order valence-electron chi connectivity index (χ1n) is 5.83. The molecule has 0 unspecified atom stereocenters. The van der Waals surface area contributed by atoms with Crippen LogP contribution in [0, 0.1) is 17.0 Å². The van der Waals surface area contributed by atoms with Crippen molar-refractivity contribution in [1.29, 1.82) is 0 Å². The topological polar surface area (TPSA) is 89.3 Å². The van der Waals surface area contributed by atoms with Crippen molar-refractivity contribution in [3.63, 3.8) is 0 Å². The van der Waals surface area contributed by atoms with Crippen LogP contribution in [0.2, 0.25) is 5.02 Å². The minimum atomic E-state index is -4.61. The molecule has 0 spiro atoms. The Morgan fingerprint density at radius 3 is 2.33 bits per heavy atom. The molecule has 5 nitrogen and oxygen atoms in total. The number of hydrogen-bond donors (Lipinski definition) is 2. The second kappa shape index (κ2) is 5.86. The Balaban J connectivity index is 3.33. The predicted octanol–water partition coefficient (Wildman–Crippen LogP) is 2.04. The summed E-state index contributed by atoms with van der Waals surface area (Å²) < 4.78 is 49.5. The van der Waals surface area contributed by atoms with Crippen LogP contribution in [-0.2, 0) is 10.0 Å². The van der Waals surface area contributed by atoms with E-state index in [0.29, 0.717) is 6.07 Å². The zero-order valence-corrected chi connectivity index (χ0v) is 13.2. The fraction of sp³-hybridized carbons (Fsp3) is 0.417. The fourth-order valence-corrected chi connectivity index (χ4v) is 2.69. The first-order valence-corrected chi connectivity index (χ1v) is 7.75. The minimum Gasteiger partial charge on any atom is -0.351 e. The maximum Gasteiger partial charge on any atom is 0.252 e. The molecule has 9 heteroatoms. The van der Waals surface area contributed by atoms with Crippen LogP contribution in [0.1, 0.15) is 31.1 Å². The summed E-state index contributed by atoms with van der Waals surface area (Å²) in [6, 6.07) is 0.532. The number of carbonyl (C=O) groups excluding carboxylic acids is 1. The molecule has 0 heterocycles. The average Bonchev–Trinajstić information content (AvgIpc) is 2.28. The summed E-state index contributed by atoms with van der Waals surface area (Å²) in [6.07, 6.45) is 0. The first kappa shape index (κ1) is 17.8. The lowest BCUT2D eigenvalue weighted by Crippen LogP contribution is -2.33. The molecule has 1 aromatic carbocycles. The number of halogens is 3. The highest BCUT2D eigenvalue weighted by atomic mass is 35.5. The number of sulfonamides is 1. The number of benzene rings is 1. The van der Waals surface area contributed by atoms with Gasteiger partial charge in [0.05, 0.1) is 10.6 Å². The van der Waals surface area contributed by atoms with Crippen molar-refractivity contribution in [2.24, 2.45) is 10.6 Å². The Labute approximate surface area is 126 Å². The second-order valence-electron chi connectivity index (χ2n) is 5.65. The highest BCUT2D eigenvalue weighted by molar-refractivity contribution is 7.89. The van der Waals surface area contributed by atoms with Gasteiger partial charge in [0, 0.05) is 6.54 Å². The third-order valence-corrected chi connectivity index (χ3v) is 3.88. The van der Waals surface area contributed by atoms with E-state index >= 15 is 0 Å². The van der Waals surface area contributed by atoms with E-state index in [-0.39, 0.29) is 12.0 Å². The molecule has 0 bridgehead atoms. The number of nitrogens with one attached hydrogen (secondary N) is 1. The Morgan fingerprint density at radius 2 is 1.90 bits per heavy atom. The number of carbonyl (C=O) groups is 1. The Hall–Kier alpha value is -1.25. The monoisotopic (exact) mass is 340 g/mol. The first-order chi connectivity index (χ1) is 9.34. The van der Waals surface area contributed by atoms with E-state index < -0.39 is 43.0 Å². The molecule has 118 valence electrons. The van der Waals surface area contributed by atoms with Crippen LogP contribution in [-0.4, -0.2) is 20.9 Å². The number of hydrogen-bond acceptors (Lipinski definition) is 3. The number of nitrogens with two attached hydrogens (primary N) is 1. The molecule has 0 aliphatic heterocycles. The van der Waals surface area contributed by atoms with E-state index in [1.807, 2.05) is 20.8 Å². The summed E-state index contributed by atoms with van der Waals surface area (Å²) in [5.74, 6) is -4.06. The van der Waals surface area contributed by atoms with E-state index in [0.717, 1.165) is 0 Å². The molecule has 0 aromatic heterocycles. The SMILES string of the molecule is CC(C)(C)CNC(=O)c1cc(F)c(F)c(S(N)(=O)=O)c1Cl. The maximum atomic E-state index is 13.5. The molecule has 0 aliphatic carbocycles. The third kappa shape index (κ3) is 4.36. The fourth-order valence-electron chi connectivity index (χ4n) is 1.44. The van der Waals surface area contributed by atoms with E-state index in [2.05, 4.69) is 5.32 Å². The van der Waals surface area contributed by atoms with Crippen LogP contribution in [0.25, 0.3) is 0 Å². The predicted molar refractivity (Wildman–Crippen MR) is 74.5 cm³/mol. The summed E-state index contributed by atoms with van der Waals surface area (Å²) >= 11 is 5.69. The average molecular weight is 341 g/mol. The molecule has 0 atom stereocenters.